The van der Waals surface area contributed by atoms with E-state index < -0.39 is 0 Å². The third-order valence-corrected chi connectivity index (χ3v) is 5.36. The van der Waals surface area contributed by atoms with Gasteiger partial charge in [-0.25, -0.2) is 0 Å². The highest BCUT2D eigenvalue weighted by molar-refractivity contribution is 5.98. The summed E-state index contributed by atoms with van der Waals surface area (Å²) in [6.45, 7) is 9.69. The van der Waals surface area contributed by atoms with Crippen LogP contribution < -0.4 is 15.0 Å². The quantitative estimate of drug-likeness (QED) is 0.668. The maximum absolute atomic E-state index is 12.7. The fourth-order valence-electron chi connectivity index (χ4n) is 3.51. The van der Waals surface area contributed by atoms with Gasteiger partial charge in [-0.3, -0.25) is 9.59 Å². The van der Waals surface area contributed by atoms with Crippen molar-refractivity contribution in [3.63, 3.8) is 0 Å². The van der Waals surface area contributed by atoms with Crippen LogP contribution in [0.25, 0.3) is 0 Å². The van der Waals surface area contributed by atoms with Crippen LogP contribution in [0, 0.1) is 0 Å². The van der Waals surface area contributed by atoms with Crippen molar-refractivity contribution in [2.24, 2.45) is 0 Å². The molecule has 0 atom stereocenters. The van der Waals surface area contributed by atoms with Gasteiger partial charge >= 0.3 is 0 Å². The fourth-order valence-corrected chi connectivity index (χ4v) is 3.51. The first-order valence-electron chi connectivity index (χ1n) is 10.7. The van der Waals surface area contributed by atoms with E-state index in [0.29, 0.717) is 24.4 Å². The lowest BCUT2D eigenvalue weighted by Gasteiger charge is -2.31. The zero-order chi connectivity index (χ0) is 21.7. The Kier molecular flexibility index (Phi) is 6.80. The fraction of sp³-hybridized carbons (Fsp3) is 0.440. The molecule has 2 aromatic carbocycles. The number of rotatable bonds is 7. The minimum atomic E-state index is -0.0806. The molecule has 3 rings (SSSR count). The average molecular weight is 409 g/mol. The third kappa shape index (κ3) is 5.21. The van der Waals surface area contributed by atoms with E-state index in [0.717, 1.165) is 36.1 Å². The molecule has 30 heavy (non-hydrogen) atoms. The summed E-state index contributed by atoms with van der Waals surface area (Å²) >= 11 is 0. The number of nitrogens with zero attached hydrogens (tertiary/aromatic N) is 1. The molecule has 0 saturated heterocycles. The van der Waals surface area contributed by atoms with Crippen LogP contribution in [-0.2, 0) is 16.8 Å². The molecule has 0 spiro atoms. The summed E-state index contributed by atoms with van der Waals surface area (Å²) in [5.74, 6) is 0.562. The van der Waals surface area contributed by atoms with Gasteiger partial charge in [0.05, 0.1) is 12.2 Å². The summed E-state index contributed by atoms with van der Waals surface area (Å²) < 4.78 is 5.64. The molecule has 5 nitrogen and oxygen atoms in total. The number of fused-ring (bicyclic) bond motifs is 1. The van der Waals surface area contributed by atoms with E-state index >= 15 is 0 Å². The molecule has 1 heterocycles. The van der Waals surface area contributed by atoms with E-state index in [-0.39, 0.29) is 23.8 Å². The number of unbranched alkanes of at least 4 members (excludes halogenated alkanes) is 2. The van der Waals surface area contributed by atoms with Crippen molar-refractivity contribution in [2.75, 3.05) is 18.1 Å². The van der Waals surface area contributed by atoms with Gasteiger partial charge < -0.3 is 15.0 Å². The monoisotopic (exact) mass is 408 g/mol. The van der Waals surface area contributed by atoms with Gasteiger partial charge in [0.2, 0.25) is 0 Å². The highest BCUT2D eigenvalue weighted by atomic mass is 16.5. The van der Waals surface area contributed by atoms with Gasteiger partial charge in [0.1, 0.15) is 5.75 Å². The number of hydrogen-bond acceptors (Lipinski definition) is 3. The van der Waals surface area contributed by atoms with Gasteiger partial charge in [-0.2, -0.15) is 0 Å². The molecular weight excluding hydrogens is 376 g/mol. The number of amides is 2. The van der Waals surface area contributed by atoms with Crippen molar-refractivity contribution < 1.29 is 14.3 Å². The van der Waals surface area contributed by atoms with Crippen molar-refractivity contribution in [2.45, 2.75) is 58.9 Å². The Morgan fingerprint density at radius 1 is 1.13 bits per heavy atom. The number of carbonyl (C=O) groups is 2. The molecule has 1 N–H and O–H groups in total. The third-order valence-electron chi connectivity index (χ3n) is 5.36. The second-order valence-corrected chi connectivity index (χ2v) is 8.86. The summed E-state index contributed by atoms with van der Waals surface area (Å²) in [6, 6.07) is 13.5. The molecule has 2 aromatic rings. The number of nitrogens with one attached hydrogen (secondary N) is 1. The van der Waals surface area contributed by atoms with Gasteiger partial charge in [0.15, 0.2) is 6.61 Å². The van der Waals surface area contributed by atoms with Crippen molar-refractivity contribution in [1.82, 2.24) is 5.32 Å². The first-order chi connectivity index (χ1) is 14.3. The number of hydrogen-bond donors (Lipinski definition) is 1. The Balaban J connectivity index is 1.80. The lowest BCUT2D eigenvalue weighted by molar-refractivity contribution is -0.121. The van der Waals surface area contributed by atoms with Crippen LogP contribution >= 0.6 is 0 Å². The second kappa shape index (κ2) is 9.33. The molecule has 2 amide bonds. The van der Waals surface area contributed by atoms with E-state index in [1.54, 1.807) is 4.90 Å². The highest BCUT2D eigenvalue weighted by Crippen LogP contribution is 2.37. The molecule has 0 aliphatic carbocycles. The molecule has 0 aromatic heterocycles. The largest absolute Gasteiger partial charge is 0.482 e. The summed E-state index contributed by atoms with van der Waals surface area (Å²) in [4.78, 5) is 26.9. The zero-order valence-electron chi connectivity index (χ0n) is 18.5. The van der Waals surface area contributed by atoms with Crippen molar-refractivity contribution in [1.29, 1.82) is 0 Å². The van der Waals surface area contributed by atoms with Crippen molar-refractivity contribution >= 4 is 17.5 Å². The maximum Gasteiger partial charge on any atom is 0.265 e. The standard InChI is InChI=1S/C25H32N2O3/c1-5-6-7-13-26-24(29)19-10-8-9-18(14-19)16-27-21-15-20(25(2,3)4)11-12-22(21)30-17-23(27)28/h8-12,14-15H,5-7,13,16-17H2,1-4H3,(H,26,29). The minimum absolute atomic E-state index is 0.0273. The maximum atomic E-state index is 12.7. The van der Waals surface area contributed by atoms with Gasteiger partial charge in [-0.1, -0.05) is 58.7 Å². The Hall–Kier alpha value is -2.82. The van der Waals surface area contributed by atoms with Gasteiger partial charge in [-0.15, -0.1) is 0 Å². The summed E-state index contributed by atoms with van der Waals surface area (Å²) in [6.07, 6.45) is 3.21. The number of carbonyl (C=O) groups excluding carboxylic acids is 2. The van der Waals surface area contributed by atoms with Crippen LogP contribution in [0.4, 0.5) is 5.69 Å². The van der Waals surface area contributed by atoms with E-state index in [9.17, 15) is 9.59 Å². The van der Waals surface area contributed by atoms with E-state index in [1.165, 1.54) is 0 Å². The van der Waals surface area contributed by atoms with Crippen LogP contribution in [0.3, 0.4) is 0 Å². The molecule has 0 radical (unpaired) electrons. The molecule has 0 bridgehead atoms. The van der Waals surface area contributed by atoms with Crippen LogP contribution in [0.1, 0.15) is 68.4 Å². The molecule has 5 heteroatoms. The lowest BCUT2D eigenvalue weighted by Crippen LogP contribution is -2.38. The van der Waals surface area contributed by atoms with Crippen LogP contribution in [0.2, 0.25) is 0 Å². The SMILES string of the molecule is CCCCCNC(=O)c1cccc(CN2C(=O)COc3ccc(C(C)(C)C)cc32)c1. The smallest absolute Gasteiger partial charge is 0.265 e. The minimum Gasteiger partial charge on any atom is -0.482 e. The number of ether oxygens (including phenoxy) is 1. The van der Waals surface area contributed by atoms with E-state index in [1.807, 2.05) is 36.4 Å². The summed E-state index contributed by atoms with van der Waals surface area (Å²) in [7, 11) is 0. The van der Waals surface area contributed by atoms with Crippen molar-refractivity contribution in [3.8, 4) is 5.75 Å². The first kappa shape index (κ1) is 21.9. The molecule has 0 saturated carbocycles. The van der Waals surface area contributed by atoms with Crippen LogP contribution in [0.15, 0.2) is 42.5 Å². The number of anilines is 1. The molecular formula is C25H32N2O3. The van der Waals surface area contributed by atoms with Crippen LogP contribution in [-0.4, -0.2) is 25.0 Å². The Labute approximate surface area is 179 Å². The Morgan fingerprint density at radius 2 is 1.93 bits per heavy atom. The molecule has 0 unspecified atom stereocenters. The second-order valence-electron chi connectivity index (χ2n) is 8.86. The van der Waals surface area contributed by atoms with E-state index in [2.05, 4.69) is 39.1 Å². The first-order valence-corrected chi connectivity index (χ1v) is 10.7. The van der Waals surface area contributed by atoms with Crippen molar-refractivity contribution in [3.05, 3.63) is 59.2 Å². The topological polar surface area (TPSA) is 58.6 Å². The van der Waals surface area contributed by atoms with E-state index in [4.69, 9.17) is 4.74 Å². The summed E-state index contributed by atoms with van der Waals surface area (Å²) in [5.41, 5.74) is 3.43. The van der Waals surface area contributed by atoms with Gasteiger partial charge in [0.25, 0.3) is 11.8 Å². The zero-order valence-corrected chi connectivity index (χ0v) is 18.5. The number of benzene rings is 2. The predicted molar refractivity (Wildman–Crippen MR) is 120 cm³/mol. The normalized spacial score (nSPS) is 13.6. The molecule has 1 aliphatic rings. The molecule has 1 aliphatic heterocycles. The highest BCUT2D eigenvalue weighted by Gasteiger charge is 2.27. The predicted octanol–water partition coefficient (Wildman–Crippen LogP) is 4.83. The average Bonchev–Trinajstić information content (AvgIpc) is 2.72. The molecule has 160 valence electrons. The summed E-state index contributed by atoms with van der Waals surface area (Å²) in [5, 5.41) is 2.97. The molecule has 0 fully saturated rings. The Bertz CT molecular complexity index is 915. The van der Waals surface area contributed by atoms with Gasteiger partial charge in [0, 0.05) is 12.1 Å². The Morgan fingerprint density at radius 3 is 2.67 bits per heavy atom. The lowest BCUT2D eigenvalue weighted by atomic mass is 9.86. The van der Waals surface area contributed by atoms with Gasteiger partial charge in [-0.05, 0) is 47.2 Å². The van der Waals surface area contributed by atoms with Crippen LogP contribution in [0.5, 0.6) is 5.75 Å².